The molecule has 0 amide bonds. The highest BCUT2D eigenvalue weighted by Crippen LogP contribution is 2.47. The van der Waals surface area contributed by atoms with Gasteiger partial charge in [0, 0.05) is 12.3 Å². The van der Waals surface area contributed by atoms with Gasteiger partial charge in [0.25, 0.3) is 0 Å². The lowest BCUT2D eigenvalue weighted by molar-refractivity contribution is -0.173. The summed E-state index contributed by atoms with van der Waals surface area (Å²) >= 11 is 0. The number of Topliss-reactive ketones (excluding diaryl/α,β-unsaturated/α-hetero) is 1. The van der Waals surface area contributed by atoms with E-state index in [1.165, 1.54) is 14.0 Å². The molecule has 0 spiro atoms. The molecule has 1 N–H and O–H groups in total. The first-order valence-electron chi connectivity index (χ1n) is 10.7. The standard InChI is InChI=1S/C24H34O7/c1-14(2)12-30-22(26)20-18(25)11-24(5,28)21(23(27)31-13-15(3)4)19(20)16-7-9-17(29-6)10-8-16/h7-10,14-15,19-21,28H,11-13H2,1-6H3/t19-,20-,21-,24+/m0/s1. The van der Waals surface area contributed by atoms with Crippen molar-refractivity contribution in [3.05, 3.63) is 29.8 Å². The highest BCUT2D eigenvalue weighted by atomic mass is 16.5. The first-order chi connectivity index (χ1) is 14.5. The molecule has 7 heteroatoms. The molecule has 1 aliphatic rings. The second-order valence-electron chi connectivity index (χ2n) is 9.30. The van der Waals surface area contributed by atoms with Crippen LogP contribution in [0, 0.1) is 23.7 Å². The Hall–Kier alpha value is -2.41. The highest BCUT2D eigenvalue weighted by Gasteiger charge is 2.57. The van der Waals surface area contributed by atoms with Crippen molar-refractivity contribution in [2.75, 3.05) is 20.3 Å². The van der Waals surface area contributed by atoms with E-state index < -0.39 is 41.1 Å². The summed E-state index contributed by atoms with van der Waals surface area (Å²) in [5, 5.41) is 11.1. The van der Waals surface area contributed by atoms with Gasteiger partial charge in [-0.05, 0) is 36.5 Å². The van der Waals surface area contributed by atoms with Gasteiger partial charge >= 0.3 is 11.9 Å². The Labute approximate surface area is 184 Å². The average Bonchev–Trinajstić information content (AvgIpc) is 2.69. The third-order valence-electron chi connectivity index (χ3n) is 5.39. The van der Waals surface area contributed by atoms with Gasteiger partial charge in [0.05, 0.1) is 31.8 Å². The van der Waals surface area contributed by atoms with Gasteiger partial charge in [0.2, 0.25) is 0 Å². The minimum atomic E-state index is -1.66. The maximum Gasteiger partial charge on any atom is 0.317 e. The summed E-state index contributed by atoms with van der Waals surface area (Å²) in [6.07, 6.45) is -0.331. The largest absolute Gasteiger partial charge is 0.497 e. The fraction of sp³-hybridized carbons (Fsp3) is 0.625. The number of hydrogen-bond acceptors (Lipinski definition) is 7. The van der Waals surface area contributed by atoms with Gasteiger partial charge in [0.1, 0.15) is 11.7 Å². The zero-order valence-electron chi connectivity index (χ0n) is 19.2. The molecule has 1 aliphatic carbocycles. The third kappa shape index (κ3) is 6.06. The Morgan fingerprint density at radius 3 is 2.03 bits per heavy atom. The van der Waals surface area contributed by atoms with Gasteiger partial charge in [0.15, 0.2) is 5.78 Å². The molecule has 31 heavy (non-hydrogen) atoms. The van der Waals surface area contributed by atoms with Crippen molar-refractivity contribution in [1.82, 2.24) is 0 Å². The molecule has 1 saturated carbocycles. The van der Waals surface area contributed by atoms with E-state index >= 15 is 0 Å². The maximum atomic E-state index is 13.1. The number of carbonyl (C=O) groups excluding carboxylic acids is 3. The van der Waals surface area contributed by atoms with Crippen molar-refractivity contribution < 1.29 is 33.7 Å². The molecule has 4 atom stereocenters. The molecule has 0 aliphatic heterocycles. The van der Waals surface area contributed by atoms with Crippen LogP contribution in [-0.4, -0.2) is 48.8 Å². The number of rotatable bonds is 8. The lowest BCUT2D eigenvalue weighted by Crippen LogP contribution is -2.55. The van der Waals surface area contributed by atoms with Crippen LogP contribution in [0.2, 0.25) is 0 Å². The van der Waals surface area contributed by atoms with E-state index in [0.29, 0.717) is 11.3 Å². The molecule has 0 heterocycles. The van der Waals surface area contributed by atoms with Crippen LogP contribution >= 0.6 is 0 Å². The zero-order valence-corrected chi connectivity index (χ0v) is 19.2. The zero-order chi connectivity index (χ0) is 23.3. The summed E-state index contributed by atoms with van der Waals surface area (Å²) in [6, 6.07) is 6.78. The molecule has 0 aromatic heterocycles. The lowest BCUT2D eigenvalue weighted by Gasteiger charge is -2.43. The Morgan fingerprint density at radius 2 is 1.55 bits per heavy atom. The van der Waals surface area contributed by atoms with E-state index in [4.69, 9.17) is 14.2 Å². The molecule has 0 unspecified atom stereocenters. The van der Waals surface area contributed by atoms with Gasteiger partial charge in [-0.2, -0.15) is 0 Å². The summed E-state index contributed by atoms with van der Waals surface area (Å²) in [6.45, 7) is 9.39. The van der Waals surface area contributed by atoms with E-state index in [-0.39, 0.29) is 31.5 Å². The molecule has 1 aromatic carbocycles. The Bertz CT molecular complexity index is 780. The topological polar surface area (TPSA) is 99.1 Å². The normalized spacial score (nSPS) is 26.1. The summed E-state index contributed by atoms with van der Waals surface area (Å²) < 4.78 is 16.0. The van der Waals surface area contributed by atoms with Crippen LogP contribution in [0.1, 0.15) is 52.5 Å². The second-order valence-corrected chi connectivity index (χ2v) is 9.30. The summed E-state index contributed by atoms with van der Waals surface area (Å²) in [4.78, 5) is 39.1. The van der Waals surface area contributed by atoms with Crippen molar-refractivity contribution in [3.63, 3.8) is 0 Å². The van der Waals surface area contributed by atoms with Crippen molar-refractivity contribution in [1.29, 1.82) is 0 Å². The summed E-state index contributed by atoms with van der Waals surface area (Å²) in [7, 11) is 1.53. The van der Waals surface area contributed by atoms with Gasteiger partial charge in [-0.1, -0.05) is 39.8 Å². The highest BCUT2D eigenvalue weighted by molar-refractivity contribution is 6.02. The second kappa shape index (κ2) is 10.3. The van der Waals surface area contributed by atoms with E-state index in [0.717, 1.165) is 0 Å². The van der Waals surface area contributed by atoms with Gasteiger partial charge in [-0.25, -0.2) is 0 Å². The number of benzene rings is 1. The van der Waals surface area contributed by atoms with Crippen molar-refractivity contribution in [2.24, 2.45) is 23.7 Å². The number of methoxy groups -OCH3 is 1. The maximum absolute atomic E-state index is 13.1. The molecule has 1 fully saturated rings. The SMILES string of the molecule is COc1ccc([C@H]2[C@@H](C(=O)OCC(C)C)C(=O)C[C@@](C)(O)[C@@H]2C(=O)OCC(C)C)cc1. The van der Waals surface area contributed by atoms with Crippen LogP contribution in [0.3, 0.4) is 0 Å². The molecule has 0 bridgehead atoms. The van der Waals surface area contributed by atoms with Crippen molar-refractivity contribution >= 4 is 17.7 Å². The molecular formula is C24H34O7. The lowest BCUT2D eigenvalue weighted by atomic mass is 9.61. The first-order valence-corrected chi connectivity index (χ1v) is 10.7. The number of hydrogen-bond donors (Lipinski definition) is 1. The van der Waals surface area contributed by atoms with Crippen molar-refractivity contribution in [3.8, 4) is 5.75 Å². The molecule has 0 radical (unpaired) electrons. The molecule has 172 valence electrons. The van der Waals surface area contributed by atoms with E-state index in [1.54, 1.807) is 24.3 Å². The van der Waals surface area contributed by atoms with Crippen LogP contribution in [0.5, 0.6) is 5.75 Å². The number of ketones is 1. The van der Waals surface area contributed by atoms with Crippen LogP contribution in [0.15, 0.2) is 24.3 Å². The van der Waals surface area contributed by atoms with Crippen LogP contribution in [0.4, 0.5) is 0 Å². The number of carbonyl (C=O) groups is 3. The average molecular weight is 435 g/mol. The molecule has 0 saturated heterocycles. The van der Waals surface area contributed by atoms with Crippen LogP contribution in [0.25, 0.3) is 0 Å². The number of esters is 2. The minimum Gasteiger partial charge on any atom is -0.497 e. The Kier molecular flexibility index (Phi) is 8.23. The number of ether oxygens (including phenoxy) is 3. The van der Waals surface area contributed by atoms with Gasteiger partial charge in [-0.3, -0.25) is 14.4 Å². The van der Waals surface area contributed by atoms with Gasteiger partial charge in [-0.15, -0.1) is 0 Å². The minimum absolute atomic E-state index is 0.0944. The smallest absolute Gasteiger partial charge is 0.317 e. The fourth-order valence-electron chi connectivity index (χ4n) is 3.92. The van der Waals surface area contributed by atoms with Crippen molar-refractivity contribution in [2.45, 2.75) is 52.6 Å². The molecule has 7 nitrogen and oxygen atoms in total. The predicted molar refractivity (Wildman–Crippen MR) is 115 cm³/mol. The molecular weight excluding hydrogens is 400 g/mol. The quantitative estimate of drug-likeness (QED) is 0.496. The van der Waals surface area contributed by atoms with E-state index in [2.05, 4.69) is 0 Å². The van der Waals surface area contributed by atoms with Crippen LogP contribution in [-0.2, 0) is 23.9 Å². The Balaban J connectivity index is 2.52. The fourth-order valence-corrected chi connectivity index (χ4v) is 3.92. The van der Waals surface area contributed by atoms with Gasteiger partial charge < -0.3 is 19.3 Å². The third-order valence-corrected chi connectivity index (χ3v) is 5.39. The molecule has 1 aromatic rings. The van der Waals surface area contributed by atoms with Crippen LogP contribution < -0.4 is 4.74 Å². The summed E-state index contributed by atoms with van der Waals surface area (Å²) in [5.74, 6) is -4.20. The summed E-state index contributed by atoms with van der Waals surface area (Å²) in [5.41, 5.74) is -1.10. The monoisotopic (exact) mass is 434 g/mol. The van der Waals surface area contributed by atoms with E-state index in [1.807, 2.05) is 27.7 Å². The number of aliphatic hydroxyl groups is 1. The first kappa shape index (κ1) is 24.9. The molecule has 2 rings (SSSR count). The predicted octanol–water partition coefficient (Wildman–Crippen LogP) is 3.13. The Morgan fingerprint density at radius 1 is 1.03 bits per heavy atom. The van der Waals surface area contributed by atoms with E-state index in [9.17, 15) is 19.5 Å².